The third kappa shape index (κ3) is 3.03. The molecule has 0 saturated carbocycles. The van der Waals surface area contributed by atoms with Crippen molar-refractivity contribution in [3.8, 4) is 5.69 Å². The summed E-state index contributed by atoms with van der Waals surface area (Å²) in [7, 11) is 0. The van der Waals surface area contributed by atoms with E-state index in [0.29, 0.717) is 38.2 Å². The first-order valence-electron chi connectivity index (χ1n) is 8.64. The van der Waals surface area contributed by atoms with Crippen molar-refractivity contribution in [3.63, 3.8) is 0 Å². The van der Waals surface area contributed by atoms with E-state index in [1.54, 1.807) is 17.0 Å². The van der Waals surface area contributed by atoms with Crippen molar-refractivity contribution in [2.24, 2.45) is 0 Å². The predicted molar refractivity (Wildman–Crippen MR) is 93.2 cm³/mol. The van der Waals surface area contributed by atoms with Crippen molar-refractivity contribution >= 4 is 11.8 Å². The van der Waals surface area contributed by atoms with Crippen LogP contribution in [-0.4, -0.2) is 58.3 Å². The number of carbonyl (C=O) groups excluding carboxylic acids is 2. The van der Waals surface area contributed by atoms with Crippen LogP contribution in [0.25, 0.3) is 5.69 Å². The Bertz CT molecular complexity index is 866. The lowest BCUT2D eigenvalue weighted by Crippen LogP contribution is -2.58. The number of aromatic nitrogens is 2. The van der Waals surface area contributed by atoms with E-state index in [0.717, 1.165) is 0 Å². The Balaban J connectivity index is 1.46. The second-order valence-corrected chi connectivity index (χ2v) is 6.72. The van der Waals surface area contributed by atoms with Gasteiger partial charge in [-0.15, -0.1) is 0 Å². The van der Waals surface area contributed by atoms with Gasteiger partial charge in [-0.3, -0.25) is 19.5 Å². The Morgan fingerprint density at radius 1 is 1.12 bits per heavy atom. The molecule has 0 atom stereocenters. The number of morpholine rings is 1. The molecule has 2 aliphatic rings. The molecule has 8 heteroatoms. The number of ether oxygens (including phenoxy) is 1. The van der Waals surface area contributed by atoms with Gasteiger partial charge in [0.25, 0.3) is 11.5 Å². The van der Waals surface area contributed by atoms with Gasteiger partial charge in [0, 0.05) is 25.7 Å². The van der Waals surface area contributed by atoms with Gasteiger partial charge in [0.1, 0.15) is 12.3 Å². The van der Waals surface area contributed by atoms with Crippen LogP contribution in [0.5, 0.6) is 0 Å². The van der Waals surface area contributed by atoms with Crippen LogP contribution in [0.2, 0.25) is 0 Å². The van der Waals surface area contributed by atoms with E-state index in [4.69, 9.17) is 4.74 Å². The summed E-state index contributed by atoms with van der Waals surface area (Å²) in [5, 5.41) is 5.73. The van der Waals surface area contributed by atoms with Gasteiger partial charge in [0.2, 0.25) is 5.91 Å². The molecule has 2 saturated heterocycles. The third-order valence-electron chi connectivity index (χ3n) is 5.04. The SMILES string of the molecule is O=C1COC2(CCN(C(=O)c3cc(=O)n(-c4ccccc4)[nH]3)CC2)CN1. The van der Waals surface area contributed by atoms with Crippen LogP contribution in [-0.2, 0) is 9.53 Å². The Morgan fingerprint density at radius 2 is 1.85 bits per heavy atom. The van der Waals surface area contributed by atoms with Crippen LogP contribution in [0, 0.1) is 0 Å². The van der Waals surface area contributed by atoms with E-state index in [9.17, 15) is 14.4 Å². The lowest BCUT2D eigenvalue weighted by molar-refractivity contribution is -0.149. The molecule has 1 spiro atoms. The lowest BCUT2D eigenvalue weighted by atomic mass is 9.90. The maximum atomic E-state index is 12.8. The largest absolute Gasteiger partial charge is 0.363 e. The fourth-order valence-electron chi connectivity index (χ4n) is 3.46. The highest BCUT2D eigenvalue weighted by atomic mass is 16.5. The van der Waals surface area contributed by atoms with Gasteiger partial charge in [0.15, 0.2) is 0 Å². The number of likely N-dealkylation sites (tertiary alicyclic amines) is 1. The van der Waals surface area contributed by atoms with Crippen LogP contribution in [0.3, 0.4) is 0 Å². The molecule has 1 aromatic heterocycles. The highest BCUT2D eigenvalue weighted by molar-refractivity contribution is 5.92. The van der Waals surface area contributed by atoms with Gasteiger partial charge in [-0.2, -0.15) is 0 Å². The molecule has 1 aromatic carbocycles. The summed E-state index contributed by atoms with van der Waals surface area (Å²) in [5.41, 5.74) is 0.299. The van der Waals surface area contributed by atoms with E-state index in [1.165, 1.54) is 10.7 Å². The molecule has 2 aliphatic heterocycles. The first-order chi connectivity index (χ1) is 12.6. The molecule has 4 rings (SSSR count). The molecule has 0 aliphatic carbocycles. The van der Waals surface area contributed by atoms with Crippen LogP contribution in [0.1, 0.15) is 23.3 Å². The van der Waals surface area contributed by atoms with Crippen molar-refractivity contribution < 1.29 is 14.3 Å². The number of piperidine rings is 1. The number of hydrogen-bond donors (Lipinski definition) is 2. The minimum Gasteiger partial charge on any atom is -0.363 e. The molecule has 0 unspecified atom stereocenters. The molecular formula is C18H20N4O4. The maximum Gasteiger partial charge on any atom is 0.271 e. The average Bonchev–Trinajstić information content (AvgIpc) is 3.07. The first-order valence-corrected chi connectivity index (χ1v) is 8.64. The number of nitrogens with one attached hydrogen (secondary N) is 2. The molecule has 0 radical (unpaired) electrons. The summed E-state index contributed by atoms with van der Waals surface area (Å²) < 4.78 is 7.08. The average molecular weight is 356 g/mol. The lowest BCUT2D eigenvalue weighted by Gasteiger charge is -2.43. The van der Waals surface area contributed by atoms with E-state index < -0.39 is 0 Å². The number of aromatic amines is 1. The molecule has 2 fully saturated rings. The first kappa shape index (κ1) is 16.6. The standard InChI is InChI=1S/C18H20N4O4/c23-15-11-26-18(12-19-15)6-8-21(9-7-18)17(25)14-10-16(24)22(20-14)13-4-2-1-3-5-13/h1-5,10,20H,6-9,11-12H2,(H,19,23). The number of rotatable bonds is 2. The van der Waals surface area contributed by atoms with Gasteiger partial charge in [-0.25, -0.2) is 4.68 Å². The van der Waals surface area contributed by atoms with Crippen molar-refractivity contribution in [2.45, 2.75) is 18.4 Å². The number of amides is 2. The van der Waals surface area contributed by atoms with Gasteiger partial charge < -0.3 is 15.0 Å². The van der Waals surface area contributed by atoms with Crippen LogP contribution < -0.4 is 10.9 Å². The Hall–Kier alpha value is -2.87. The van der Waals surface area contributed by atoms with Crippen molar-refractivity contribution in [1.82, 2.24) is 20.0 Å². The summed E-state index contributed by atoms with van der Waals surface area (Å²) in [6.45, 7) is 1.59. The van der Waals surface area contributed by atoms with E-state index in [2.05, 4.69) is 10.4 Å². The van der Waals surface area contributed by atoms with Crippen LogP contribution in [0.15, 0.2) is 41.2 Å². The normalized spacial score (nSPS) is 19.4. The van der Waals surface area contributed by atoms with Crippen molar-refractivity contribution in [1.29, 1.82) is 0 Å². The summed E-state index contributed by atoms with van der Waals surface area (Å²) >= 11 is 0. The second-order valence-electron chi connectivity index (χ2n) is 6.72. The fraction of sp³-hybridized carbons (Fsp3) is 0.389. The molecule has 0 bridgehead atoms. The van der Waals surface area contributed by atoms with Gasteiger partial charge in [-0.1, -0.05) is 18.2 Å². The monoisotopic (exact) mass is 356 g/mol. The summed E-state index contributed by atoms with van der Waals surface area (Å²) in [6, 6.07) is 10.4. The summed E-state index contributed by atoms with van der Waals surface area (Å²) in [4.78, 5) is 37.9. The zero-order valence-corrected chi connectivity index (χ0v) is 14.2. The Kier molecular flexibility index (Phi) is 4.12. The quantitative estimate of drug-likeness (QED) is 0.808. The Labute approximate surface area is 149 Å². The molecular weight excluding hydrogens is 336 g/mol. The van der Waals surface area contributed by atoms with E-state index in [1.807, 2.05) is 18.2 Å². The smallest absolute Gasteiger partial charge is 0.271 e. The Morgan fingerprint density at radius 3 is 2.50 bits per heavy atom. The number of benzene rings is 1. The van der Waals surface area contributed by atoms with Gasteiger partial charge >= 0.3 is 0 Å². The number of nitrogens with zero attached hydrogens (tertiary/aromatic N) is 2. The molecule has 26 heavy (non-hydrogen) atoms. The van der Waals surface area contributed by atoms with Crippen molar-refractivity contribution in [2.75, 3.05) is 26.2 Å². The van der Waals surface area contributed by atoms with Crippen LogP contribution >= 0.6 is 0 Å². The zero-order chi connectivity index (χ0) is 18.1. The molecule has 3 heterocycles. The zero-order valence-electron chi connectivity index (χ0n) is 14.2. The van der Waals surface area contributed by atoms with Gasteiger partial charge in [-0.05, 0) is 25.0 Å². The highest BCUT2D eigenvalue weighted by Gasteiger charge is 2.40. The highest BCUT2D eigenvalue weighted by Crippen LogP contribution is 2.28. The minimum absolute atomic E-state index is 0.0706. The van der Waals surface area contributed by atoms with Gasteiger partial charge in [0.05, 0.1) is 11.3 Å². The van der Waals surface area contributed by atoms with Crippen LogP contribution in [0.4, 0.5) is 0 Å². The number of para-hydroxylation sites is 1. The minimum atomic E-state index is -0.381. The molecule has 2 N–H and O–H groups in total. The number of carbonyl (C=O) groups is 2. The third-order valence-corrected chi connectivity index (χ3v) is 5.04. The fourth-order valence-corrected chi connectivity index (χ4v) is 3.46. The maximum absolute atomic E-state index is 12.8. The number of hydrogen-bond acceptors (Lipinski definition) is 4. The van der Waals surface area contributed by atoms with E-state index in [-0.39, 0.29) is 35.3 Å². The molecule has 136 valence electrons. The molecule has 2 aromatic rings. The predicted octanol–water partition coefficient (Wildman–Crippen LogP) is 0.287. The van der Waals surface area contributed by atoms with E-state index >= 15 is 0 Å². The van der Waals surface area contributed by atoms with Crippen molar-refractivity contribution in [3.05, 3.63) is 52.4 Å². The number of H-pyrrole nitrogens is 1. The summed E-state index contributed by atoms with van der Waals surface area (Å²) in [5.74, 6) is -0.305. The summed E-state index contributed by atoms with van der Waals surface area (Å²) in [6.07, 6.45) is 1.31. The molecule has 2 amide bonds. The topological polar surface area (TPSA) is 96.4 Å². The second kappa shape index (κ2) is 6.45. The molecule has 8 nitrogen and oxygen atoms in total.